The molecule has 2 saturated carbocycles. The molecule has 0 spiro atoms. The zero-order valence-corrected chi connectivity index (χ0v) is 23.7. The maximum atomic E-state index is 13.6. The molecule has 4 aromatic heterocycles. The van der Waals surface area contributed by atoms with Crippen LogP contribution in [0.15, 0.2) is 41.1 Å². The van der Waals surface area contributed by atoms with Gasteiger partial charge in [-0.25, -0.2) is 4.98 Å². The van der Waals surface area contributed by atoms with Gasteiger partial charge in [0, 0.05) is 53.6 Å². The summed E-state index contributed by atoms with van der Waals surface area (Å²) in [6, 6.07) is 10.7. The van der Waals surface area contributed by atoms with E-state index in [1.807, 2.05) is 17.0 Å². The lowest BCUT2D eigenvalue weighted by molar-refractivity contribution is 0.0700. The van der Waals surface area contributed by atoms with E-state index in [4.69, 9.17) is 15.5 Å². The summed E-state index contributed by atoms with van der Waals surface area (Å²) >= 11 is 3.59. The van der Waals surface area contributed by atoms with Crippen LogP contribution in [0.2, 0.25) is 0 Å². The number of benzene rings is 1. The summed E-state index contributed by atoms with van der Waals surface area (Å²) < 4.78 is 11.7. The molecular weight excluding hydrogens is 526 g/mol. The Bertz CT molecular complexity index is 1740. The number of nitrogens with zero attached hydrogens (tertiary/aromatic N) is 4. The van der Waals surface area contributed by atoms with Crippen LogP contribution in [0, 0.1) is 11.8 Å². The number of piperidine rings is 1. The number of rotatable bonds is 6. The molecule has 0 radical (unpaired) electrons. The second-order valence-corrected chi connectivity index (χ2v) is 13.3. The average molecular weight is 558 g/mol. The number of thiophene rings is 2. The third kappa shape index (κ3) is 3.56. The maximum absolute atomic E-state index is 13.6. The van der Waals surface area contributed by atoms with E-state index < -0.39 is 0 Å². The summed E-state index contributed by atoms with van der Waals surface area (Å²) in [5.41, 5.74) is 12.5. The van der Waals surface area contributed by atoms with E-state index >= 15 is 0 Å². The number of likely N-dealkylation sites (tertiary alicyclic amines) is 1. The van der Waals surface area contributed by atoms with Crippen molar-refractivity contribution in [2.45, 2.75) is 44.3 Å². The van der Waals surface area contributed by atoms with Gasteiger partial charge in [0.2, 0.25) is 0 Å². The standard InChI is InChI=1S/C30H31N5O2S2/c1-33-28-20(10-18(11-23(28)37-2)30(36)35-14-17-7-8-21(35)26(17)31)32-29(33)22-12-25-27(34(22)13-16-5-6-16)19(15-39-25)24-4-3-9-38-24/h3-4,9-12,15-17,21,26H,5-8,13-14,31H2,1-2H3/t17-,21-,26-/m1/s1. The second kappa shape index (κ2) is 8.68. The number of ether oxygens (including phenoxy) is 1. The fourth-order valence-corrected chi connectivity index (χ4v) is 8.69. The van der Waals surface area contributed by atoms with Crippen LogP contribution in [-0.2, 0) is 13.6 Å². The fraction of sp³-hybridized carbons (Fsp3) is 0.400. The molecule has 1 amide bonds. The van der Waals surface area contributed by atoms with E-state index in [9.17, 15) is 4.79 Å². The second-order valence-electron chi connectivity index (χ2n) is 11.4. The molecule has 3 fully saturated rings. The first-order chi connectivity index (χ1) is 19.0. The Kier molecular flexibility index (Phi) is 5.28. The minimum atomic E-state index is 0.0308. The van der Waals surface area contributed by atoms with Crippen molar-refractivity contribution >= 4 is 49.8 Å². The van der Waals surface area contributed by atoms with E-state index in [2.05, 4.69) is 45.1 Å². The highest BCUT2D eigenvalue weighted by Gasteiger charge is 2.47. The summed E-state index contributed by atoms with van der Waals surface area (Å²) in [7, 11) is 3.72. The van der Waals surface area contributed by atoms with Crippen LogP contribution in [0.5, 0.6) is 5.75 Å². The van der Waals surface area contributed by atoms with Gasteiger partial charge in [-0.1, -0.05) is 6.07 Å². The van der Waals surface area contributed by atoms with Crippen LogP contribution in [0.25, 0.3) is 43.2 Å². The van der Waals surface area contributed by atoms with E-state index in [-0.39, 0.29) is 18.0 Å². The third-order valence-corrected chi connectivity index (χ3v) is 10.9. The molecule has 2 N–H and O–H groups in total. The van der Waals surface area contributed by atoms with Crippen LogP contribution >= 0.6 is 22.7 Å². The Morgan fingerprint density at radius 3 is 2.72 bits per heavy atom. The van der Waals surface area contributed by atoms with Gasteiger partial charge in [0.25, 0.3) is 5.91 Å². The average Bonchev–Trinajstić information content (AvgIpc) is 3.47. The summed E-state index contributed by atoms with van der Waals surface area (Å²) in [5, 5.41) is 4.43. The summed E-state index contributed by atoms with van der Waals surface area (Å²) in [5.74, 6) is 2.73. The molecule has 3 atom stereocenters. The highest BCUT2D eigenvalue weighted by atomic mass is 32.1. The lowest BCUT2D eigenvalue weighted by Gasteiger charge is -2.27. The molecule has 1 aromatic carbocycles. The molecule has 2 bridgehead atoms. The Morgan fingerprint density at radius 2 is 2.03 bits per heavy atom. The molecule has 39 heavy (non-hydrogen) atoms. The Labute approximate surface area is 234 Å². The molecule has 2 aliphatic carbocycles. The zero-order chi connectivity index (χ0) is 26.4. The number of hydrogen-bond acceptors (Lipinski definition) is 6. The third-order valence-electron chi connectivity index (χ3n) is 9.09. The van der Waals surface area contributed by atoms with Crippen molar-refractivity contribution in [1.82, 2.24) is 19.0 Å². The number of aryl methyl sites for hydroxylation is 1. The minimum absolute atomic E-state index is 0.0308. The van der Waals surface area contributed by atoms with Crippen LogP contribution in [-0.4, -0.2) is 50.7 Å². The van der Waals surface area contributed by atoms with Gasteiger partial charge in [-0.15, -0.1) is 22.7 Å². The van der Waals surface area contributed by atoms with Crippen LogP contribution < -0.4 is 10.5 Å². The lowest BCUT2D eigenvalue weighted by Crippen LogP contribution is -2.41. The molecular formula is C30H31N5O2S2. The highest BCUT2D eigenvalue weighted by molar-refractivity contribution is 7.19. The number of carbonyl (C=O) groups is 1. The zero-order valence-electron chi connectivity index (χ0n) is 22.1. The molecule has 9 heteroatoms. The first-order valence-corrected chi connectivity index (χ1v) is 15.5. The number of carbonyl (C=O) groups excluding carboxylic acids is 1. The fourth-order valence-electron chi connectivity index (χ4n) is 6.88. The highest BCUT2D eigenvalue weighted by Crippen LogP contribution is 2.44. The number of aromatic nitrogens is 3. The molecule has 3 aliphatic rings. The molecule has 0 unspecified atom stereocenters. The predicted octanol–water partition coefficient (Wildman–Crippen LogP) is 5.97. The summed E-state index contributed by atoms with van der Waals surface area (Å²) in [6.07, 6.45) is 4.67. The topological polar surface area (TPSA) is 78.3 Å². The van der Waals surface area contributed by atoms with E-state index in [0.717, 1.165) is 48.5 Å². The molecule has 200 valence electrons. The van der Waals surface area contributed by atoms with Crippen molar-refractivity contribution < 1.29 is 9.53 Å². The number of imidazole rings is 1. The maximum Gasteiger partial charge on any atom is 0.254 e. The van der Waals surface area contributed by atoms with Crippen molar-refractivity contribution in [3.05, 3.63) is 46.7 Å². The minimum Gasteiger partial charge on any atom is -0.494 e. The number of methoxy groups -OCH3 is 1. The summed E-state index contributed by atoms with van der Waals surface area (Å²) in [4.78, 5) is 22.1. The van der Waals surface area contributed by atoms with Crippen LogP contribution in [0.3, 0.4) is 0 Å². The van der Waals surface area contributed by atoms with E-state index in [0.29, 0.717) is 23.1 Å². The molecule has 5 heterocycles. The number of fused-ring (bicyclic) bond motifs is 4. The van der Waals surface area contributed by atoms with Crippen molar-refractivity contribution in [1.29, 1.82) is 0 Å². The smallest absolute Gasteiger partial charge is 0.254 e. The van der Waals surface area contributed by atoms with E-state index in [1.54, 1.807) is 29.8 Å². The lowest BCUT2D eigenvalue weighted by atomic mass is 10.1. The van der Waals surface area contributed by atoms with Gasteiger partial charge < -0.3 is 24.5 Å². The normalized spacial score (nSPS) is 22.5. The summed E-state index contributed by atoms with van der Waals surface area (Å²) in [6.45, 7) is 1.74. The van der Waals surface area contributed by atoms with Gasteiger partial charge >= 0.3 is 0 Å². The Balaban J connectivity index is 1.26. The van der Waals surface area contributed by atoms with Gasteiger partial charge in [-0.05, 0) is 67.2 Å². The van der Waals surface area contributed by atoms with Crippen LogP contribution in [0.1, 0.15) is 36.0 Å². The number of nitrogens with two attached hydrogens (primary N) is 1. The van der Waals surface area contributed by atoms with Gasteiger partial charge in [-0.2, -0.15) is 0 Å². The molecule has 5 aromatic rings. The quantitative estimate of drug-likeness (QED) is 0.279. The van der Waals surface area contributed by atoms with Crippen LogP contribution in [0.4, 0.5) is 0 Å². The monoisotopic (exact) mass is 557 g/mol. The first-order valence-electron chi connectivity index (χ1n) is 13.8. The van der Waals surface area contributed by atoms with Crippen molar-refractivity contribution in [2.24, 2.45) is 24.6 Å². The molecule has 1 saturated heterocycles. The van der Waals surface area contributed by atoms with Crippen molar-refractivity contribution in [3.63, 3.8) is 0 Å². The van der Waals surface area contributed by atoms with Gasteiger partial charge in [0.15, 0.2) is 5.82 Å². The number of amides is 1. The van der Waals surface area contributed by atoms with Crippen molar-refractivity contribution in [3.8, 4) is 27.7 Å². The van der Waals surface area contributed by atoms with E-state index in [1.165, 1.54) is 33.5 Å². The predicted molar refractivity (Wildman–Crippen MR) is 158 cm³/mol. The SMILES string of the molecule is COc1cc(C(=O)N2C[C@H]3CC[C@@H]2[C@@H]3N)cc2nc(-c3cc4scc(-c5cccs5)c4n3CC3CC3)n(C)c12. The Morgan fingerprint density at radius 1 is 1.15 bits per heavy atom. The van der Waals surface area contributed by atoms with Gasteiger partial charge in [0.05, 0.1) is 28.5 Å². The van der Waals surface area contributed by atoms with Crippen molar-refractivity contribution in [2.75, 3.05) is 13.7 Å². The van der Waals surface area contributed by atoms with Gasteiger partial charge in [-0.3, -0.25) is 4.79 Å². The molecule has 7 nitrogen and oxygen atoms in total. The molecule has 8 rings (SSSR count). The largest absolute Gasteiger partial charge is 0.494 e. The Hall–Kier alpha value is -3.14. The molecule has 1 aliphatic heterocycles. The number of hydrogen-bond donors (Lipinski definition) is 1. The van der Waals surface area contributed by atoms with Gasteiger partial charge in [0.1, 0.15) is 11.3 Å². The first kappa shape index (κ1) is 23.7.